The Hall–Kier alpha value is -3.17. The van der Waals surface area contributed by atoms with Crippen molar-refractivity contribution in [3.8, 4) is 0 Å². The number of benzene rings is 3. The van der Waals surface area contributed by atoms with Crippen LogP contribution in [0.2, 0.25) is 0 Å². The minimum Gasteiger partial charge on any atom is -0.321 e. The molecule has 32 heavy (non-hydrogen) atoms. The fourth-order valence-corrected chi connectivity index (χ4v) is 6.13. The van der Waals surface area contributed by atoms with Crippen molar-refractivity contribution in [2.75, 3.05) is 22.4 Å². The lowest BCUT2D eigenvalue weighted by Crippen LogP contribution is -2.35. The van der Waals surface area contributed by atoms with E-state index in [0.29, 0.717) is 12.2 Å². The zero-order valence-corrected chi connectivity index (χ0v) is 19.0. The summed E-state index contributed by atoms with van der Waals surface area (Å²) in [5.74, 6) is -0.534. The Bertz CT molecular complexity index is 1380. The van der Waals surface area contributed by atoms with Gasteiger partial charge in [-0.15, -0.1) is 0 Å². The molecule has 0 unspecified atom stereocenters. The van der Waals surface area contributed by atoms with Crippen molar-refractivity contribution in [3.05, 3.63) is 83.9 Å². The molecule has 0 fully saturated rings. The molecule has 3 aromatic carbocycles. The van der Waals surface area contributed by atoms with E-state index in [1.165, 1.54) is 40.7 Å². The van der Waals surface area contributed by atoms with E-state index in [1.807, 2.05) is 18.2 Å². The lowest BCUT2D eigenvalue weighted by Gasteiger charge is -2.30. The smallest absolute Gasteiger partial charge is 0.264 e. The average Bonchev–Trinajstić information content (AvgIpc) is 2.78. The number of rotatable bonds is 5. The van der Waals surface area contributed by atoms with Gasteiger partial charge >= 0.3 is 0 Å². The maximum Gasteiger partial charge on any atom is 0.264 e. The molecule has 0 atom stereocenters. The Labute approximate surface area is 187 Å². The number of anilines is 2. The number of carbonyl (C=O) groups is 1. The number of nitrogens with zero attached hydrogens (tertiary/aromatic N) is 1. The zero-order chi connectivity index (χ0) is 22.9. The summed E-state index contributed by atoms with van der Waals surface area (Å²) in [6.07, 6.45) is 2.63. The highest BCUT2D eigenvalue weighted by Gasteiger charge is 2.29. The number of para-hydroxylation sites is 2. The van der Waals surface area contributed by atoms with Crippen LogP contribution in [0.1, 0.15) is 22.3 Å². The molecule has 1 aliphatic heterocycles. The number of nitrogens with one attached hydrogen (secondary N) is 1. The second kappa shape index (κ2) is 8.40. The molecular formula is C23H22N2O5S2. The zero-order valence-electron chi connectivity index (χ0n) is 17.4. The quantitative estimate of drug-likeness (QED) is 0.615. The average molecular weight is 471 g/mol. The van der Waals surface area contributed by atoms with E-state index in [-0.39, 0.29) is 21.0 Å². The van der Waals surface area contributed by atoms with Crippen LogP contribution in [0, 0.1) is 0 Å². The molecule has 0 aromatic heterocycles. The highest BCUT2D eigenvalue weighted by atomic mass is 32.2. The topological polar surface area (TPSA) is 101 Å². The second-order valence-corrected chi connectivity index (χ2v) is 11.4. The summed E-state index contributed by atoms with van der Waals surface area (Å²) in [4.78, 5) is 12.7. The molecule has 4 rings (SSSR count). The van der Waals surface area contributed by atoms with Crippen molar-refractivity contribution >= 4 is 37.1 Å². The van der Waals surface area contributed by atoms with E-state index in [4.69, 9.17) is 0 Å². The number of hydrogen-bond donors (Lipinski definition) is 1. The standard InChI is InChI=1S/C23H22N2O5S2/c1-31(27,28)22-11-5-3-9-20(22)24-23(26)18-12-14-19(15-13-18)32(29,30)25-16-6-8-17-7-2-4-10-21(17)25/h2-5,7,9-15H,6,8,16H2,1H3,(H,24,26). The molecule has 0 aliphatic carbocycles. The first-order valence-corrected chi connectivity index (χ1v) is 13.3. The van der Waals surface area contributed by atoms with Crippen LogP contribution in [-0.4, -0.2) is 35.5 Å². The van der Waals surface area contributed by atoms with E-state index in [1.54, 1.807) is 18.2 Å². The third-order valence-electron chi connectivity index (χ3n) is 5.31. The minimum atomic E-state index is -3.78. The number of sulfone groups is 1. The molecule has 1 amide bonds. The normalized spacial score (nSPS) is 14.0. The largest absolute Gasteiger partial charge is 0.321 e. The Morgan fingerprint density at radius 3 is 2.25 bits per heavy atom. The Balaban J connectivity index is 1.59. The first-order valence-electron chi connectivity index (χ1n) is 9.99. The molecule has 0 spiro atoms. The van der Waals surface area contributed by atoms with E-state index < -0.39 is 25.8 Å². The van der Waals surface area contributed by atoms with E-state index >= 15 is 0 Å². The van der Waals surface area contributed by atoms with Gasteiger partial charge in [-0.2, -0.15) is 0 Å². The van der Waals surface area contributed by atoms with Crippen LogP contribution < -0.4 is 9.62 Å². The monoisotopic (exact) mass is 470 g/mol. The van der Waals surface area contributed by atoms with Crippen LogP contribution in [0.3, 0.4) is 0 Å². The molecule has 7 nitrogen and oxygen atoms in total. The van der Waals surface area contributed by atoms with Crippen molar-refractivity contribution in [3.63, 3.8) is 0 Å². The van der Waals surface area contributed by atoms with Crippen molar-refractivity contribution in [2.24, 2.45) is 0 Å². The van der Waals surface area contributed by atoms with Gasteiger partial charge in [-0.05, 0) is 60.9 Å². The molecule has 166 valence electrons. The van der Waals surface area contributed by atoms with Gasteiger partial charge in [0.15, 0.2) is 9.84 Å². The number of aryl methyl sites for hydroxylation is 1. The first kappa shape index (κ1) is 22.0. The maximum atomic E-state index is 13.2. The minimum absolute atomic E-state index is 0.0105. The van der Waals surface area contributed by atoms with Crippen LogP contribution in [0.25, 0.3) is 0 Å². The predicted molar refractivity (Wildman–Crippen MR) is 123 cm³/mol. The molecule has 3 aromatic rings. The van der Waals surface area contributed by atoms with Crippen LogP contribution in [0.5, 0.6) is 0 Å². The van der Waals surface area contributed by atoms with Gasteiger partial charge in [0.05, 0.1) is 21.2 Å². The maximum absolute atomic E-state index is 13.2. The third kappa shape index (κ3) is 4.26. The summed E-state index contributed by atoms with van der Waals surface area (Å²) in [7, 11) is -7.30. The highest BCUT2D eigenvalue weighted by Crippen LogP contribution is 2.32. The van der Waals surface area contributed by atoms with Gasteiger partial charge in [0.2, 0.25) is 0 Å². The van der Waals surface area contributed by atoms with Crippen LogP contribution >= 0.6 is 0 Å². The molecule has 1 heterocycles. The first-order chi connectivity index (χ1) is 15.2. The number of sulfonamides is 1. The van der Waals surface area contributed by atoms with E-state index in [2.05, 4.69) is 5.32 Å². The molecule has 0 saturated heterocycles. The predicted octanol–water partition coefficient (Wildman–Crippen LogP) is 3.48. The molecule has 0 bridgehead atoms. The lowest BCUT2D eigenvalue weighted by atomic mass is 10.0. The number of carbonyl (C=O) groups excluding carboxylic acids is 1. The molecule has 1 N–H and O–H groups in total. The summed E-state index contributed by atoms with van der Waals surface area (Å²) < 4.78 is 51.8. The molecule has 0 radical (unpaired) electrons. The fourth-order valence-electron chi connectivity index (χ4n) is 3.74. The summed E-state index contributed by atoms with van der Waals surface area (Å²) in [5, 5.41) is 2.59. The van der Waals surface area contributed by atoms with Gasteiger partial charge < -0.3 is 5.32 Å². The Morgan fingerprint density at radius 1 is 0.875 bits per heavy atom. The summed E-state index contributed by atoms with van der Waals surface area (Å²) in [5.41, 5.74) is 2.05. The van der Waals surface area contributed by atoms with Crippen LogP contribution in [-0.2, 0) is 26.3 Å². The van der Waals surface area contributed by atoms with Gasteiger partial charge in [0.1, 0.15) is 0 Å². The molecular weight excluding hydrogens is 448 g/mol. The van der Waals surface area contributed by atoms with Crippen LogP contribution in [0.15, 0.2) is 82.6 Å². The number of fused-ring (bicyclic) bond motifs is 1. The van der Waals surface area contributed by atoms with E-state index in [9.17, 15) is 21.6 Å². The van der Waals surface area contributed by atoms with Gasteiger partial charge in [-0.25, -0.2) is 16.8 Å². The Kier molecular flexibility index (Phi) is 5.79. The number of hydrogen-bond acceptors (Lipinski definition) is 5. The Morgan fingerprint density at radius 2 is 1.53 bits per heavy atom. The summed E-state index contributed by atoms with van der Waals surface area (Å²) >= 11 is 0. The van der Waals surface area contributed by atoms with Crippen molar-refractivity contribution in [1.82, 2.24) is 0 Å². The third-order valence-corrected chi connectivity index (χ3v) is 8.29. The molecule has 0 saturated carbocycles. The van der Waals surface area contributed by atoms with Gasteiger partial charge in [0, 0.05) is 18.4 Å². The summed E-state index contributed by atoms with van der Waals surface area (Å²) in [6.45, 7) is 0.393. The van der Waals surface area contributed by atoms with Crippen molar-refractivity contribution < 1.29 is 21.6 Å². The van der Waals surface area contributed by atoms with Gasteiger partial charge in [-0.1, -0.05) is 30.3 Å². The second-order valence-electron chi connectivity index (χ2n) is 7.56. The van der Waals surface area contributed by atoms with Gasteiger partial charge in [0.25, 0.3) is 15.9 Å². The summed E-state index contributed by atoms with van der Waals surface area (Å²) in [6, 6.07) is 19.2. The van der Waals surface area contributed by atoms with Crippen molar-refractivity contribution in [2.45, 2.75) is 22.6 Å². The van der Waals surface area contributed by atoms with E-state index in [0.717, 1.165) is 24.7 Å². The van der Waals surface area contributed by atoms with Gasteiger partial charge in [-0.3, -0.25) is 9.10 Å². The van der Waals surface area contributed by atoms with Crippen molar-refractivity contribution in [1.29, 1.82) is 0 Å². The number of amides is 1. The SMILES string of the molecule is CS(=O)(=O)c1ccccc1NC(=O)c1ccc(S(=O)(=O)N2CCCc3ccccc32)cc1. The molecule has 1 aliphatic rings. The molecule has 9 heteroatoms. The fraction of sp³-hybridized carbons (Fsp3) is 0.174. The van der Waals surface area contributed by atoms with Crippen LogP contribution in [0.4, 0.5) is 11.4 Å². The highest BCUT2D eigenvalue weighted by molar-refractivity contribution is 7.92. The lowest BCUT2D eigenvalue weighted by molar-refractivity contribution is 0.102.